The first-order chi connectivity index (χ1) is 14.4. The Balaban J connectivity index is 1.45. The Kier molecular flexibility index (Phi) is 5.40. The van der Waals surface area contributed by atoms with Crippen LogP contribution in [0.3, 0.4) is 0 Å². The molecular weight excluding hydrogens is 406 g/mol. The standard InChI is InChI=1S/C20H21N5O4S/c26-18(12-14-4-2-1-3-5-14)22-19-16-13-15(6-7-17(16)23-24-19)21-20(27)25-8-10-30(28,29)11-9-25/h1-7,13H,8-12H2,(H,21,27)(H2,22,23,24,26). The highest BCUT2D eigenvalue weighted by Crippen LogP contribution is 2.24. The highest BCUT2D eigenvalue weighted by Gasteiger charge is 2.25. The highest BCUT2D eigenvalue weighted by atomic mass is 32.2. The van der Waals surface area contributed by atoms with Crippen LogP contribution in [-0.2, 0) is 21.1 Å². The molecule has 0 unspecified atom stereocenters. The summed E-state index contributed by atoms with van der Waals surface area (Å²) >= 11 is 0. The van der Waals surface area contributed by atoms with Gasteiger partial charge in [-0.3, -0.25) is 9.89 Å². The number of amides is 3. The molecule has 156 valence electrons. The largest absolute Gasteiger partial charge is 0.322 e. The lowest BCUT2D eigenvalue weighted by atomic mass is 10.1. The summed E-state index contributed by atoms with van der Waals surface area (Å²) in [5.74, 6) is 0.127. The third kappa shape index (κ3) is 4.60. The number of sulfone groups is 1. The summed E-state index contributed by atoms with van der Waals surface area (Å²) in [6.07, 6.45) is 0.226. The number of carbonyl (C=O) groups is 2. The van der Waals surface area contributed by atoms with Gasteiger partial charge in [0, 0.05) is 24.2 Å². The van der Waals surface area contributed by atoms with Crippen molar-refractivity contribution in [3.8, 4) is 0 Å². The van der Waals surface area contributed by atoms with E-state index in [1.165, 1.54) is 4.90 Å². The quantitative estimate of drug-likeness (QED) is 0.587. The fourth-order valence-electron chi connectivity index (χ4n) is 3.26. The van der Waals surface area contributed by atoms with Gasteiger partial charge in [-0.2, -0.15) is 5.10 Å². The van der Waals surface area contributed by atoms with Gasteiger partial charge in [0.1, 0.15) is 0 Å². The Bertz CT molecular complexity index is 1180. The van der Waals surface area contributed by atoms with E-state index in [1.54, 1.807) is 18.2 Å². The number of hydrogen-bond donors (Lipinski definition) is 3. The van der Waals surface area contributed by atoms with Crippen LogP contribution >= 0.6 is 0 Å². The predicted octanol–water partition coefficient (Wildman–Crippen LogP) is 2.01. The van der Waals surface area contributed by atoms with Gasteiger partial charge in [-0.25, -0.2) is 13.2 Å². The Hall–Kier alpha value is -3.40. The molecule has 0 radical (unpaired) electrons. The van der Waals surface area contributed by atoms with Crippen LogP contribution in [0.1, 0.15) is 5.56 Å². The van der Waals surface area contributed by atoms with E-state index in [0.29, 0.717) is 22.4 Å². The molecule has 3 amide bonds. The highest BCUT2D eigenvalue weighted by molar-refractivity contribution is 7.91. The summed E-state index contributed by atoms with van der Waals surface area (Å²) in [5.41, 5.74) is 2.14. The van der Waals surface area contributed by atoms with Gasteiger partial charge in [-0.1, -0.05) is 30.3 Å². The molecule has 0 aliphatic carbocycles. The normalized spacial score (nSPS) is 15.7. The van der Waals surface area contributed by atoms with E-state index in [0.717, 1.165) is 5.56 Å². The number of aromatic amines is 1. The number of fused-ring (bicyclic) bond motifs is 1. The third-order valence-electron chi connectivity index (χ3n) is 4.91. The second kappa shape index (κ2) is 8.15. The Morgan fingerprint density at radius 2 is 1.77 bits per heavy atom. The Morgan fingerprint density at radius 3 is 2.50 bits per heavy atom. The molecule has 0 saturated carbocycles. The summed E-state index contributed by atoms with van der Waals surface area (Å²) in [4.78, 5) is 26.3. The van der Waals surface area contributed by atoms with Crippen LogP contribution in [-0.4, -0.2) is 60.0 Å². The number of carbonyl (C=O) groups excluding carboxylic acids is 2. The minimum Gasteiger partial charge on any atom is -0.322 e. The van der Waals surface area contributed by atoms with Crippen molar-refractivity contribution in [3.63, 3.8) is 0 Å². The van der Waals surface area contributed by atoms with E-state index in [4.69, 9.17) is 0 Å². The van der Waals surface area contributed by atoms with Gasteiger partial charge in [0.15, 0.2) is 15.7 Å². The fraction of sp³-hybridized carbons (Fsp3) is 0.250. The molecule has 1 saturated heterocycles. The molecule has 0 bridgehead atoms. The summed E-state index contributed by atoms with van der Waals surface area (Å²) in [5, 5.41) is 13.2. The van der Waals surface area contributed by atoms with Gasteiger partial charge < -0.3 is 15.5 Å². The number of anilines is 2. The Morgan fingerprint density at radius 1 is 1.03 bits per heavy atom. The van der Waals surface area contributed by atoms with Crippen LogP contribution in [0.4, 0.5) is 16.3 Å². The lowest BCUT2D eigenvalue weighted by Crippen LogP contribution is -2.45. The molecule has 3 N–H and O–H groups in total. The number of H-pyrrole nitrogens is 1. The van der Waals surface area contributed by atoms with Crippen LogP contribution < -0.4 is 10.6 Å². The first-order valence-corrected chi connectivity index (χ1v) is 11.3. The zero-order chi connectivity index (χ0) is 21.1. The van der Waals surface area contributed by atoms with Gasteiger partial charge >= 0.3 is 6.03 Å². The second-order valence-corrected chi connectivity index (χ2v) is 9.42. The zero-order valence-corrected chi connectivity index (χ0v) is 16.9. The molecule has 3 aromatic rings. The molecule has 2 aromatic carbocycles. The lowest BCUT2D eigenvalue weighted by Gasteiger charge is -2.26. The smallest absolute Gasteiger partial charge is 0.321 e. The van der Waals surface area contributed by atoms with E-state index < -0.39 is 9.84 Å². The minimum absolute atomic E-state index is 0.0290. The lowest BCUT2D eigenvalue weighted by molar-refractivity contribution is -0.115. The number of urea groups is 1. The number of hydrogen-bond acceptors (Lipinski definition) is 5. The van der Waals surface area contributed by atoms with Gasteiger partial charge in [0.2, 0.25) is 5.91 Å². The molecule has 1 aliphatic rings. The first kappa shape index (κ1) is 19.9. The number of aromatic nitrogens is 2. The molecule has 1 aliphatic heterocycles. The van der Waals surface area contributed by atoms with E-state index in [1.807, 2.05) is 30.3 Å². The monoisotopic (exact) mass is 427 g/mol. The van der Waals surface area contributed by atoms with Gasteiger partial charge in [-0.05, 0) is 23.8 Å². The maximum Gasteiger partial charge on any atom is 0.321 e. The van der Waals surface area contributed by atoms with Crippen molar-refractivity contribution in [2.24, 2.45) is 0 Å². The second-order valence-electron chi connectivity index (χ2n) is 7.11. The van der Waals surface area contributed by atoms with Crippen LogP contribution in [0.2, 0.25) is 0 Å². The van der Waals surface area contributed by atoms with Crippen LogP contribution in [0.5, 0.6) is 0 Å². The predicted molar refractivity (Wildman–Crippen MR) is 114 cm³/mol. The average molecular weight is 427 g/mol. The van der Waals surface area contributed by atoms with E-state index in [9.17, 15) is 18.0 Å². The third-order valence-corrected chi connectivity index (χ3v) is 6.52. The molecular formula is C20H21N5O4S. The number of nitrogens with zero attached hydrogens (tertiary/aromatic N) is 2. The van der Waals surface area contributed by atoms with Crippen molar-refractivity contribution in [2.45, 2.75) is 6.42 Å². The number of nitrogens with one attached hydrogen (secondary N) is 3. The molecule has 2 heterocycles. The molecule has 1 fully saturated rings. The van der Waals surface area contributed by atoms with E-state index >= 15 is 0 Å². The molecule has 30 heavy (non-hydrogen) atoms. The van der Waals surface area contributed by atoms with Crippen molar-refractivity contribution in [1.29, 1.82) is 0 Å². The summed E-state index contributed by atoms with van der Waals surface area (Å²) < 4.78 is 23.1. The van der Waals surface area contributed by atoms with Gasteiger partial charge in [0.05, 0.1) is 23.4 Å². The molecule has 4 rings (SSSR count). The van der Waals surface area contributed by atoms with Crippen molar-refractivity contribution < 1.29 is 18.0 Å². The van der Waals surface area contributed by atoms with Crippen molar-refractivity contribution in [1.82, 2.24) is 15.1 Å². The molecule has 0 spiro atoms. The summed E-state index contributed by atoms with van der Waals surface area (Å²) in [6, 6.07) is 14.2. The topological polar surface area (TPSA) is 124 Å². The summed E-state index contributed by atoms with van der Waals surface area (Å²) in [7, 11) is -3.06. The summed E-state index contributed by atoms with van der Waals surface area (Å²) in [6.45, 7) is 0.339. The fourth-order valence-corrected chi connectivity index (χ4v) is 4.46. The maximum atomic E-state index is 12.4. The molecule has 1 aromatic heterocycles. The van der Waals surface area contributed by atoms with Crippen LogP contribution in [0.15, 0.2) is 48.5 Å². The van der Waals surface area contributed by atoms with Gasteiger partial charge in [-0.15, -0.1) is 0 Å². The van der Waals surface area contributed by atoms with Crippen LogP contribution in [0, 0.1) is 0 Å². The van der Waals surface area contributed by atoms with Crippen LogP contribution in [0.25, 0.3) is 10.9 Å². The van der Waals surface area contributed by atoms with E-state index in [-0.39, 0.29) is 43.0 Å². The van der Waals surface area contributed by atoms with Gasteiger partial charge in [0.25, 0.3) is 0 Å². The number of rotatable bonds is 4. The van der Waals surface area contributed by atoms with Crippen molar-refractivity contribution in [2.75, 3.05) is 35.2 Å². The minimum atomic E-state index is -3.06. The van der Waals surface area contributed by atoms with Crippen molar-refractivity contribution in [3.05, 3.63) is 54.1 Å². The van der Waals surface area contributed by atoms with Crippen molar-refractivity contribution >= 4 is 44.2 Å². The average Bonchev–Trinajstić information content (AvgIpc) is 3.10. The molecule has 0 atom stereocenters. The van der Waals surface area contributed by atoms with E-state index in [2.05, 4.69) is 20.8 Å². The zero-order valence-electron chi connectivity index (χ0n) is 16.1. The molecule has 9 nitrogen and oxygen atoms in total. The molecule has 10 heteroatoms. The Labute approximate surface area is 173 Å². The maximum absolute atomic E-state index is 12.4. The number of benzene rings is 2. The first-order valence-electron chi connectivity index (χ1n) is 9.48. The SMILES string of the molecule is O=C(Cc1ccccc1)Nc1n[nH]c2ccc(NC(=O)N3CCS(=O)(=O)CC3)cc12.